The van der Waals surface area contributed by atoms with E-state index in [0.717, 1.165) is 15.8 Å². The smallest absolute Gasteiger partial charge is 0.236 e. The quantitative estimate of drug-likeness (QED) is 0.555. The summed E-state index contributed by atoms with van der Waals surface area (Å²) in [6.45, 7) is 1.80. The number of aromatic nitrogens is 3. The van der Waals surface area contributed by atoms with E-state index < -0.39 is 10.0 Å². The van der Waals surface area contributed by atoms with Crippen LogP contribution in [0.2, 0.25) is 5.28 Å². The Morgan fingerprint density at radius 1 is 1.30 bits per heavy atom. The average Bonchev–Trinajstić information content (AvgIpc) is 2.92. The van der Waals surface area contributed by atoms with Gasteiger partial charge in [-0.1, -0.05) is 0 Å². The van der Waals surface area contributed by atoms with Gasteiger partial charge >= 0.3 is 0 Å². The van der Waals surface area contributed by atoms with Gasteiger partial charge < -0.3 is 10.4 Å². The van der Waals surface area contributed by atoms with Gasteiger partial charge in [0.1, 0.15) is 11.6 Å². The zero-order valence-corrected chi connectivity index (χ0v) is 13.9. The van der Waals surface area contributed by atoms with Gasteiger partial charge in [0.15, 0.2) is 0 Å². The Kier molecular flexibility index (Phi) is 3.65. The van der Waals surface area contributed by atoms with Crippen LogP contribution in [-0.2, 0) is 10.0 Å². The van der Waals surface area contributed by atoms with Crippen molar-refractivity contribution in [3.8, 4) is 5.75 Å². The molecule has 9 heteroatoms. The van der Waals surface area contributed by atoms with Crippen molar-refractivity contribution in [3.05, 3.63) is 41.4 Å². The van der Waals surface area contributed by atoms with Crippen LogP contribution in [0.1, 0.15) is 5.56 Å². The van der Waals surface area contributed by atoms with Crippen LogP contribution in [0.25, 0.3) is 10.9 Å². The van der Waals surface area contributed by atoms with Crippen LogP contribution in [-0.4, -0.2) is 33.7 Å². The zero-order valence-electron chi connectivity index (χ0n) is 12.3. The van der Waals surface area contributed by atoms with Gasteiger partial charge in [-0.3, -0.25) is 0 Å². The number of hydrogen-bond acceptors (Lipinski definition) is 6. The molecule has 0 unspecified atom stereocenters. The van der Waals surface area contributed by atoms with Crippen molar-refractivity contribution < 1.29 is 13.5 Å². The number of nitrogens with one attached hydrogen (secondary N) is 1. The minimum atomic E-state index is -3.53. The topological polar surface area (TPSA) is 97.1 Å². The summed E-state index contributed by atoms with van der Waals surface area (Å²) in [5, 5.41) is 13.5. The van der Waals surface area contributed by atoms with E-state index in [1.165, 1.54) is 18.3 Å². The predicted octanol–water partition coefficient (Wildman–Crippen LogP) is 2.65. The number of fused-ring (bicyclic) bond motifs is 1. The molecule has 0 saturated heterocycles. The highest BCUT2D eigenvalue weighted by atomic mass is 35.5. The van der Waals surface area contributed by atoms with Gasteiger partial charge in [0, 0.05) is 23.3 Å². The third-order valence-corrected chi connectivity index (χ3v) is 4.54. The Labute approximate surface area is 137 Å². The van der Waals surface area contributed by atoms with Crippen LogP contribution < -0.4 is 5.32 Å². The summed E-state index contributed by atoms with van der Waals surface area (Å²) in [5.41, 5.74) is 1.56. The number of aromatic hydroxyl groups is 1. The first-order valence-electron chi connectivity index (χ1n) is 6.57. The predicted molar refractivity (Wildman–Crippen MR) is 88.9 cm³/mol. The molecule has 2 aromatic heterocycles. The minimum absolute atomic E-state index is 0.00890. The molecule has 0 bridgehead atoms. The van der Waals surface area contributed by atoms with E-state index in [-0.39, 0.29) is 11.0 Å². The van der Waals surface area contributed by atoms with E-state index >= 15 is 0 Å². The molecule has 1 aromatic carbocycles. The molecule has 120 valence electrons. The summed E-state index contributed by atoms with van der Waals surface area (Å²) in [7, 11) is -3.53. The standard InChI is InChI=1S/C14H13ClN4O3S/c1-8-7-16-14(15)18-13(8)17-10-3-4-11(20)9-5-6-19(12(9)10)23(2,21)22/h3-7,20H,1-2H3,(H,16,17,18). The van der Waals surface area contributed by atoms with Gasteiger partial charge in [-0.05, 0) is 36.7 Å². The van der Waals surface area contributed by atoms with Crippen LogP contribution in [0.5, 0.6) is 5.75 Å². The van der Waals surface area contributed by atoms with Crippen molar-refractivity contribution in [1.82, 2.24) is 13.9 Å². The molecular weight excluding hydrogens is 340 g/mol. The highest BCUT2D eigenvalue weighted by Crippen LogP contribution is 2.34. The van der Waals surface area contributed by atoms with E-state index in [4.69, 9.17) is 11.6 Å². The van der Waals surface area contributed by atoms with Gasteiger partial charge in [-0.25, -0.2) is 22.4 Å². The van der Waals surface area contributed by atoms with Crippen LogP contribution in [0.3, 0.4) is 0 Å². The maximum absolute atomic E-state index is 12.0. The summed E-state index contributed by atoms with van der Waals surface area (Å²) < 4.78 is 25.0. The van der Waals surface area contributed by atoms with E-state index in [1.807, 2.05) is 0 Å². The maximum atomic E-state index is 12.0. The lowest BCUT2D eigenvalue weighted by Crippen LogP contribution is -2.09. The third-order valence-electron chi connectivity index (χ3n) is 3.34. The molecule has 0 amide bonds. The molecule has 0 aliphatic carbocycles. The zero-order chi connectivity index (χ0) is 16.8. The number of phenolic OH excluding ortho intramolecular Hbond substituents is 1. The van der Waals surface area contributed by atoms with Gasteiger partial charge in [0.25, 0.3) is 0 Å². The fourth-order valence-corrected chi connectivity index (χ4v) is 3.21. The van der Waals surface area contributed by atoms with Crippen molar-refractivity contribution in [1.29, 1.82) is 0 Å². The fraction of sp³-hybridized carbons (Fsp3) is 0.143. The second-order valence-corrected chi connectivity index (χ2v) is 7.26. The molecule has 0 atom stereocenters. The van der Waals surface area contributed by atoms with Crippen molar-refractivity contribution in [2.24, 2.45) is 0 Å². The monoisotopic (exact) mass is 352 g/mol. The molecule has 3 rings (SSSR count). The first kappa shape index (κ1) is 15.6. The second kappa shape index (κ2) is 5.39. The molecule has 0 aliphatic rings. The fourth-order valence-electron chi connectivity index (χ4n) is 2.27. The lowest BCUT2D eigenvalue weighted by Gasteiger charge is -2.12. The molecule has 2 N–H and O–H groups in total. The molecule has 3 aromatic rings. The SMILES string of the molecule is Cc1cnc(Cl)nc1Nc1ccc(O)c2ccn(S(C)(=O)=O)c12. The van der Waals surface area contributed by atoms with Crippen LogP contribution in [0.15, 0.2) is 30.6 Å². The normalized spacial score (nSPS) is 11.8. The molecule has 0 spiro atoms. The third kappa shape index (κ3) is 2.82. The van der Waals surface area contributed by atoms with Gasteiger partial charge in [0.2, 0.25) is 15.3 Å². The highest BCUT2D eigenvalue weighted by molar-refractivity contribution is 7.89. The number of aryl methyl sites for hydroxylation is 1. The Bertz CT molecular complexity index is 1010. The van der Waals surface area contributed by atoms with E-state index in [0.29, 0.717) is 22.4 Å². The highest BCUT2D eigenvalue weighted by Gasteiger charge is 2.17. The summed E-state index contributed by atoms with van der Waals surface area (Å²) in [4.78, 5) is 7.97. The van der Waals surface area contributed by atoms with Crippen LogP contribution >= 0.6 is 11.6 Å². The number of hydrogen-bond donors (Lipinski definition) is 2. The molecule has 7 nitrogen and oxygen atoms in total. The van der Waals surface area contributed by atoms with E-state index in [2.05, 4.69) is 15.3 Å². The van der Waals surface area contributed by atoms with E-state index in [9.17, 15) is 13.5 Å². The first-order valence-corrected chi connectivity index (χ1v) is 8.80. The number of anilines is 2. The molecule has 2 heterocycles. The van der Waals surface area contributed by atoms with E-state index in [1.54, 1.807) is 19.2 Å². The molecule has 23 heavy (non-hydrogen) atoms. The van der Waals surface area contributed by atoms with Gasteiger partial charge in [0.05, 0.1) is 17.5 Å². The Hall–Kier alpha value is -2.32. The number of rotatable bonds is 3. The van der Waals surface area contributed by atoms with Crippen molar-refractivity contribution in [2.45, 2.75) is 6.92 Å². The molecule has 0 aliphatic heterocycles. The Morgan fingerprint density at radius 3 is 2.74 bits per heavy atom. The number of benzene rings is 1. The maximum Gasteiger partial charge on any atom is 0.236 e. The first-order chi connectivity index (χ1) is 10.8. The average molecular weight is 353 g/mol. The van der Waals surface area contributed by atoms with Gasteiger partial charge in [-0.15, -0.1) is 0 Å². The van der Waals surface area contributed by atoms with Crippen LogP contribution in [0, 0.1) is 6.92 Å². The van der Waals surface area contributed by atoms with Crippen molar-refractivity contribution >= 4 is 44.0 Å². The lowest BCUT2D eigenvalue weighted by molar-refractivity contribution is 0.482. The van der Waals surface area contributed by atoms with Crippen molar-refractivity contribution in [2.75, 3.05) is 11.6 Å². The Balaban J connectivity index is 2.24. The van der Waals surface area contributed by atoms with Gasteiger partial charge in [-0.2, -0.15) is 0 Å². The number of phenols is 1. The second-order valence-electron chi connectivity index (χ2n) is 5.06. The molecular formula is C14H13ClN4O3S. The number of nitrogens with zero attached hydrogens (tertiary/aromatic N) is 3. The summed E-state index contributed by atoms with van der Waals surface area (Å²) in [6, 6.07) is 4.60. The van der Waals surface area contributed by atoms with Crippen LogP contribution in [0.4, 0.5) is 11.5 Å². The van der Waals surface area contributed by atoms with Crippen molar-refractivity contribution in [3.63, 3.8) is 0 Å². The summed E-state index contributed by atoms with van der Waals surface area (Å²) in [6.07, 6.45) is 4.04. The summed E-state index contributed by atoms with van der Waals surface area (Å²) >= 11 is 5.81. The molecule has 0 radical (unpaired) electrons. The minimum Gasteiger partial charge on any atom is -0.507 e. The summed E-state index contributed by atoms with van der Waals surface area (Å²) in [5.74, 6) is 0.448. The molecule has 0 saturated carbocycles. The molecule has 0 fully saturated rings. The Morgan fingerprint density at radius 2 is 2.04 bits per heavy atom. The largest absolute Gasteiger partial charge is 0.507 e. The lowest BCUT2D eigenvalue weighted by atomic mass is 10.2. The number of halogens is 1.